The van der Waals surface area contributed by atoms with Crippen molar-refractivity contribution in [2.45, 2.75) is 0 Å². The molecule has 0 radical (unpaired) electrons. The maximum absolute atomic E-state index is 9.70. The van der Waals surface area contributed by atoms with Crippen molar-refractivity contribution in [3.8, 4) is 34.3 Å². The van der Waals surface area contributed by atoms with Gasteiger partial charge in [-0.1, -0.05) is 91.0 Å². The minimum absolute atomic E-state index is 0.613. The molecule has 55 heavy (non-hydrogen) atoms. The van der Waals surface area contributed by atoms with Gasteiger partial charge in [0.15, 0.2) is 5.69 Å². The normalized spacial score (nSPS) is 11.6. The van der Waals surface area contributed by atoms with Crippen molar-refractivity contribution >= 4 is 71.1 Å². The van der Waals surface area contributed by atoms with Crippen molar-refractivity contribution in [2.24, 2.45) is 0 Å². The summed E-state index contributed by atoms with van der Waals surface area (Å²) in [6.07, 6.45) is 0. The number of para-hydroxylation sites is 3. The fourth-order valence-corrected chi connectivity index (χ4v) is 8.65. The van der Waals surface area contributed by atoms with Crippen LogP contribution in [0, 0.1) is 17.9 Å². The standard InChI is InChI=1S/C50H29N5/c1-52-35-21-25-49-44(29-35)42-23-22-38(54-47-19-7-4-16-41(47)43-26-32(31-51)20-24-48(43)54)30-50(42)55(49)37-13-9-11-34(28-37)33-10-8-12-36(27-33)53-45-17-5-2-14-39(45)40-15-3-6-18-46(40)53/h2-30H. The molecule has 5 nitrogen and oxygen atoms in total. The SMILES string of the molecule is [C-]#[N+]c1ccc2c(c1)c1ccc(-n3c4ccccc4c4cc(C#N)ccc43)cc1n2-c1cccc(-c2cccc(-n3c4ccccc4c4ccccc43)c2)c1. The van der Waals surface area contributed by atoms with Crippen LogP contribution in [0.25, 0.3) is 98.5 Å². The van der Waals surface area contributed by atoms with Gasteiger partial charge in [0.05, 0.1) is 51.3 Å². The molecule has 0 unspecified atom stereocenters. The summed E-state index contributed by atoms with van der Waals surface area (Å²) in [6.45, 7) is 7.78. The molecule has 0 saturated heterocycles. The summed E-state index contributed by atoms with van der Waals surface area (Å²) in [7, 11) is 0. The van der Waals surface area contributed by atoms with Gasteiger partial charge in [0.25, 0.3) is 0 Å². The van der Waals surface area contributed by atoms with Crippen LogP contribution >= 0.6 is 0 Å². The van der Waals surface area contributed by atoms with E-state index < -0.39 is 0 Å². The smallest absolute Gasteiger partial charge is 0.188 e. The molecule has 0 aliphatic carbocycles. The molecule has 0 saturated carbocycles. The van der Waals surface area contributed by atoms with Gasteiger partial charge in [-0.2, -0.15) is 5.26 Å². The van der Waals surface area contributed by atoms with Crippen LogP contribution in [-0.4, -0.2) is 13.7 Å². The fourth-order valence-electron chi connectivity index (χ4n) is 8.65. The topological polar surface area (TPSA) is 42.9 Å². The number of hydrogen-bond donors (Lipinski definition) is 0. The van der Waals surface area contributed by atoms with Crippen LogP contribution < -0.4 is 0 Å². The third-order valence-electron chi connectivity index (χ3n) is 11.0. The van der Waals surface area contributed by atoms with E-state index in [4.69, 9.17) is 6.57 Å². The summed E-state index contributed by atoms with van der Waals surface area (Å²) >= 11 is 0. The average Bonchev–Trinajstić information content (AvgIpc) is 3.88. The van der Waals surface area contributed by atoms with Gasteiger partial charge in [-0.05, 0) is 101 Å². The summed E-state index contributed by atoms with van der Waals surface area (Å²) in [6, 6.07) is 63.9. The van der Waals surface area contributed by atoms with Crippen LogP contribution in [0.3, 0.4) is 0 Å². The van der Waals surface area contributed by atoms with E-state index in [0.717, 1.165) is 71.8 Å². The zero-order valence-electron chi connectivity index (χ0n) is 29.5. The highest BCUT2D eigenvalue weighted by molar-refractivity contribution is 6.13. The van der Waals surface area contributed by atoms with Crippen molar-refractivity contribution in [2.75, 3.05) is 0 Å². The third kappa shape index (κ3) is 4.58. The fraction of sp³-hybridized carbons (Fsp3) is 0. The Hall–Kier alpha value is -7.86. The molecule has 11 rings (SSSR count). The first-order chi connectivity index (χ1) is 27.2. The number of fused-ring (bicyclic) bond motifs is 9. The number of hydrogen-bond acceptors (Lipinski definition) is 1. The molecular weight excluding hydrogens is 671 g/mol. The first kappa shape index (κ1) is 30.7. The van der Waals surface area contributed by atoms with Crippen LogP contribution in [0.2, 0.25) is 0 Å². The molecule has 0 N–H and O–H groups in total. The van der Waals surface area contributed by atoms with Crippen molar-refractivity contribution in [3.63, 3.8) is 0 Å². The summed E-state index contributed by atoms with van der Waals surface area (Å²) in [5, 5.41) is 16.5. The quantitative estimate of drug-likeness (QED) is 0.169. The predicted molar refractivity (Wildman–Crippen MR) is 226 cm³/mol. The molecule has 0 atom stereocenters. The van der Waals surface area contributed by atoms with E-state index in [-0.39, 0.29) is 0 Å². The molecule has 254 valence electrons. The van der Waals surface area contributed by atoms with Gasteiger partial charge in [-0.15, -0.1) is 0 Å². The van der Waals surface area contributed by atoms with Crippen molar-refractivity contribution in [1.82, 2.24) is 13.7 Å². The van der Waals surface area contributed by atoms with Gasteiger partial charge in [0.1, 0.15) is 0 Å². The van der Waals surface area contributed by atoms with Gasteiger partial charge in [-0.25, -0.2) is 4.85 Å². The Kier molecular flexibility index (Phi) is 6.61. The van der Waals surface area contributed by atoms with Gasteiger partial charge < -0.3 is 13.7 Å². The van der Waals surface area contributed by atoms with Crippen LogP contribution in [0.15, 0.2) is 176 Å². The molecule has 8 aromatic carbocycles. The number of aromatic nitrogens is 3. The Bertz CT molecular complexity index is 3420. The maximum atomic E-state index is 9.70. The van der Waals surface area contributed by atoms with Gasteiger partial charge in [-0.3, -0.25) is 0 Å². The van der Waals surface area contributed by atoms with E-state index in [0.29, 0.717) is 11.3 Å². The van der Waals surface area contributed by atoms with E-state index in [1.807, 2.05) is 36.4 Å². The van der Waals surface area contributed by atoms with Crippen LogP contribution in [0.5, 0.6) is 0 Å². The predicted octanol–water partition coefficient (Wildman–Crippen LogP) is 13.1. The van der Waals surface area contributed by atoms with Gasteiger partial charge in [0.2, 0.25) is 0 Å². The molecule has 0 aliphatic heterocycles. The second-order valence-electron chi connectivity index (χ2n) is 14.0. The maximum Gasteiger partial charge on any atom is 0.188 e. The van der Waals surface area contributed by atoms with Crippen LogP contribution in [0.1, 0.15) is 5.56 Å². The number of rotatable bonds is 4. The molecule has 0 amide bonds. The third-order valence-corrected chi connectivity index (χ3v) is 11.0. The molecule has 0 bridgehead atoms. The molecule has 0 aliphatic rings. The second kappa shape index (κ2) is 11.8. The van der Waals surface area contributed by atoms with Crippen molar-refractivity contribution in [3.05, 3.63) is 193 Å². The largest absolute Gasteiger partial charge is 0.309 e. The van der Waals surface area contributed by atoms with Crippen molar-refractivity contribution < 1.29 is 0 Å². The van der Waals surface area contributed by atoms with Crippen LogP contribution in [-0.2, 0) is 0 Å². The Labute approximate surface area is 316 Å². The first-order valence-electron chi connectivity index (χ1n) is 18.3. The Morgan fingerprint density at radius 1 is 0.382 bits per heavy atom. The summed E-state index contributed by atoms with van der Waals surface area (Å²) < 4.78 is 6.97. The number of benzene rings is 8. The van der Waals surface area contributed by atoms with Crippen LogP contribution in [0.4, 0.5) is 5.69 Å². The van der Waals surface area contributed by atoms with E-state index in [1.54, 1.807) is 0 Å². The van der Waals surface area contributed by atoms with Gasteiger partial charge >= 0.3 is 0 Å². The summed E-state index contributed by atoms with van der Waals surface area (Å²) in [5.41, 5.74) is 13.2. The van der Waals surface area contributed by atoms with Crippen molar-refractivity contribution in [1.29, 1.82) is 5.26 Å². The molecular formula is C50H29N5. The number of nitriles is 1. The average molecular weight is 700 g/mol. The highest BCUT2D eigenvalue weighted by atomic mass is 15.0. The zero-order valence-corrected chi connectivity index (χ0v) is 29.5. The highest BCUT2D eigenvalue weighted by Crippen LogP contribution is 2.39. The summed E-state index contributed by atoms with van der Waals surface area (Å²) in [4.78, 5) is 3.78. The van der Waals surface area contributed by atoms with Gasteiger partial charge in [0, 0.05) is 44.0 Å². The number of nitrogens with zero attached hydrogens (tertiary/aromatic N) is 5. The zero-order chi connectivity index (χ0) is 36.6. The van der Waals surface area contributed by atoms with E-state index >= 15 is 0 Å². The molecule has 0 fully saturated rings. The first-order valence-corrected chi connectivity index (χ1v) is 18.3. The highest BCUT2D eigenvalue weighted by Gasteiger charge is 2.18. The second-order valence-corrected chi connectivity index (χ2v) is 14.0. The Morgan fingerprint density at radius 2 is 0.855 bits per heavy atom. The summed E-state index contributed by atoms with van der Waals surface area (Å²) in [5.74, 6) is 0. The lowest BCUT2D eigenvalue weighted by molar-refractivity contribution is 1.15. The lowest BCUT2D eigenvalue weighted by Crippen LogP contribution is -1.97. The lowest BCUT2D eigenvalue weighted by Gasteiger charge is -2.13. The minimum atomic E-state index is 0.613. The monoisotopic (exact) mass is 699 g/mol. The van der Waals surface area contributed by atoms with E-state index in [9.17, 15) is 5.26 Å². The molecule has 5 heteroatoms. The molecule has 3 aromatic heterocycles. The van der Waals surface area contributed by atoms with E-state index in [2.05, 4.69) is 164 Å². The Balaban J connectivity index is 1.12. The molecule has 3 heterocycles. The lowest BCUT2D eigenvalue weighted by atomic mass is 10.0. The minimum Gasteiger partial charge on any atom is -0.309 e. The Morgan fingerprint density at radius 3 is 1.44 bits per heavy atom. The van der Waals surface area contributed by atoms with E-state index in [1.165, 1.54) is 21.8 Å². The molecule has 0 spiro atoms. The molecule has 11 aromatic rings.